The molecule has 0 radical (unpaired) electrons. The standard InChI is InChI=1S/C11H14F3NO/c1-7(2)16-9-5-3-8(4-6-9)10(15)11(12,13)14/h3-7,10H,15H2,1-2H3. The molecule has 0 aromatic heterocycles. The van der Waals surface area contributed by atoms with E-state index in [-0.39, 0.29) is 11.7 Å². The highest BCUT2D eigenvalue weighted by molar-refractivity contribution is 5.29. The minimum Gasteiger partial charge on any atom is -0.491 e. The van der Waals surface area contributed by atoms with E-state index in [1.165, 1.54) is 24.3 Å². The van der Waals surface area contributed by atoms with E-state index >= 15 is 0 Å². The summed E-state index contributed by atoms with van der Waals surface area (Å²) in [6.07, 6.45) is -4.43. The van der Waals surface area contributed by atoms with Gasteiger partial charge in [-0.25, -0.2) is 0 Å². The minimum atomic E-state index is -4.42. The molecule has 16 heavy (non-hydrogen) atoms. The van der Waals surface area contributed by atoms with E-state index < -0.39 is 12.2 Å². The SMILES string of the molecule is CC(C)Oc1ccc(C(N)C(F)(F)F)cc1. The summed E-state index contributed by atoms with van der Waals surface area (Å²) in [5, 5.41) is 0. The lowest BCUT2D eigenvalue weighted by Gasteiger charge is -2.16. The number of nitrogens with two attached hydrogens (primary N) is 1. The maximum absolute atomic E-state index is 12.3. The van der Waals surface area contributed by atoms with E-state index in [0.717, 1.165) is 0 Å². The minimum absolute atomic E-state index is 0.0119. The van der Waals surface area contributed by atoms with Crippen LogP contribution in [-0.4, -0.2) is 12.3 Å². The van der Waals surface area contributed by atoms with Gasteiger partial charge in [0.1, 0.15) is 11.8 Å². The van der Waals surface area contributed by atoms with Crippen molar-refractivity contribution in [3.05, 3.63) is 29.8 Å². The van der Waals surface area contributed by atoms with Crippen LogP contribution in [0, 0.1) is 0 Å². The van der Waals surface area contributed by atoms with Crippen molar-refractivity contribution < 1.29 is 17.9 Å². The van der Waals surface area contributed by atoms with Gasteiger partial charge in [0.05, 0.1) is 6.10 Å². The molecule has 0 aliphatic heterocycles. The molecule has 2 nitrogen and oxygen atoms in total. The summed E-state index contributed by atoms with van der Waals surface area (Å²) in [5.74, 6) is 0.535. The van der Waals surface area contributed by atoms with Gasteiger partial charge in [-0.2, -0.15) is 13.2 Å². The van der Waals surface area contributed by atoms with E-state index in [2.05, 4.69) is 0 Å². The monoisotopic (exact) mass is 233 g/mol. The molecule has 0 amide bonds. The average Bonchev–Trinajstić information content (AvgIpc) is 2.15. The van der Waals surface area contributed by atoms with Crippen LogP contribution in [-0.2, 0) is 0 Å². The Morgan fingerprint density at radius 3 is 2.00 bits per heavy atom. The largest absolute Gasteiger partial charge is 0.491 e. The quantitative estimate of drug-likeness (QED) is 0.870. The summed E-state index contributed by atoms with van der Waals surface area (Å²) in [4.78, 5) is 0. The maximum atomic E-state index is 12.3. The third kappa shape index (κ3) is 3.41. The summed E-state index contributed by atoms with van der Waals surface area (Å²) in [5.41, 5.74) is 5.09. The molecule has 5 heteroatoms. The van der Waals surface area contributed by atoms with Crippen LogP contribution in [0.25, 0.3) is 0 Å². The van der Waals surface area contributed by atoms with E-state index in [4.69, 9.17) is 10.5 Å². The molecule has 0 heterocycles. The first kappa shape index (κ1) is 12.8. The highest BCUT2D eigenvalue weighted by atomic mass is 19.4. The van der Waals surface area contributed by atoms with Crippen molar-refractivity contribution in [2.75, 3.05) is 0 Å². The van der Waals surface area contributed by atoms with Crippen molar-refractivity contribution in [2.45, 2.75) is 32.2 Å². The number of hydrogen-bond acceptors (Lipinski definition) is 2. The normalized spacial score (nSPS) is 13.9. The Kier molecular flexibility index (Phi) is 3.80. The topological polar surface area (TPSA) is 35.2 Å². The zero-order valence-electron chi connectivity index (χ0n) is 9.08. The lowest BCUT2D eigenvalue weighted by atomic mass is 10.1. The molecule has 1 unspecified atom stereocenters. The van der Waals surface area contributed by atoms with E-state index in [0.29, 0.717) is 5.75 Å². The van der Waals surface area contributed by atoms with Crippen LogP contribution in [0.2, 0.25) is 0 Å². The second-order valence-corrected chi connectivity index (χ2v) is 3.75. The van der Waals surface area contributed by atoms with Crippen molar-refractivity contribution in [2.24, 2.45) is 5.73 Å². The zero-order chi connectivity index (χ0) is 12.3. The highest BCUT2D eigenvalue weighted by Crippen LogP contribution is 2.31. The Balaban J connectivity index is 2.79. The van der Waals surface area contributed by atoms with Crippen LogP contribution >= 0.6 is 0 Å². The highest BCUT2D eigenvalue weighted by Gasteiger charge is 2.37. The lowest BCUT2D eigenvalue weighted by Crippen LogP contribution is -2.28. The summed E-state index contributed by atoms with van der Waals surface area (Å²) >= 11 is 0. The van der Waals surface area contributed by atoms with E-state index in [1.54, 1.807) is 0 Å². The molecule has 0 saturated heterocycles. The first-order chi connectivity index (χ1) is 7.30. The Morgan fingerprint density at radius 1 is 1.12 bits per heavy atom. The van der Waals surface area contributed by atoms with Crippen LogP contribution in [0.15, 0.2) is 24.3 Å². The number of benzene rings is 1. The molecular weight excluding hydrogens is 219 g/mol. The molecule has 1 aromatic carbocycles. The number of alkyl halides is 3. The molecule has 0 aliphatic rings. The second-order valence-electron chi connectivity index (χ2n) is 3.75. The molecule has 0 bridgehead atoms. The van der Waals surface area contributed by atoms with Gasteiger partial charge in [-0.15, -0.1) is 0 Å². The Bertz CT molecular complexity index is 332. The number of rotatable bonds is 3. The molecule has 2 N–H and O–H groups in total. The van der Waals surface area contributed by atoms with Crippen LogP contribution in [0.3, 0.4) is 0 Å². The van der Waals surface area contributed by atoms with Crippen LogP contribution < -0.4 is 10.5 Å². The average molecular weight is 233 g/mol. The van der Waals surface area contributed by atoms with Gasteiger partial charge in [-0.1, -0.05) is 12.1 Å². The maximum Gasteiger partial charge on any atom is 0.407 e. The number of halogens is 3. The first-order valence-electron chi connectivity index (χ1n) is 4.89. The second kappa shape index (κ2) is 4.74. The Hall–Kier alpha value is -1.23. The van der Waals surface area contributed by atoms with Gasteiger partial charge in [0.2, 0.25) is 0 Å². The zero-order valence-corrected chi connectivity index (χ0v) is 9.08. The molecule has 0 saturated carbocycles. The lowest BCUT2D eigenvalue weighted by molar-refractivity contribution is -0.149. The molecule has 90 valence electrons. The van der Waals surface area contributed by atoms with Gasteiger partial charge >= 0.3 is 6.18 Å². The molecular formula is C11H14F3NO. The smallest absolute Gasteiger partial charge is 0.407 e. The Labute approximate surface area is 92.2 Å². The summed E-state index contributed by atoms with van der Waals surface area (Å²) < 4.78 is 42.2. The van der Waals surface area contributed by atoms with Gasteiger partial charge < -0.3 is 10.5 Å². The van der Waals surface area contributed by atoms with Crippen LogP contribution in [0.1, 0.15) is 25.5 Å². The molecule has 0 spiro atoms. The Morgan fingerprint density at radius 2 is 1.62 bits per heavy atom. The third-order valence-electron chi connectivity index (χ3n) is 1.96. The van der Waals surface area contributed by atoms with Crippen LogP contribution in [0.5, 0.6) is 5.75 Å². The number of ether oxygens (including phenoxy) is 1. The van der Waals surface area contributed by atoms with Crippen molar-refractivity contribution in [3.8, 4) is 5.75 Å². The van der Waals surface area contributed by atoms with Gasteiger partial charge in [0, 0.05) is 0 Å². The predicted molar refractivity (Wildman–Crippen MR) is 55.2 cm³/mol. The molecule has 1 rings (SSSR count). The number of hydrogen-bond donors (Lipinski definition) is 1. The molecule has 1 atom stereocenters. The van der Waals surface area contributed by atoms with E-state index in [9.17, 15) is 13.2 Å². The summed E-state index contributed by atoms with van der Waals surface area (Å²) in [6, 6.07) is 3.69. The summed E-state index contributed by atoms with van der Waals surface area (Å²) in [7, 11) is 0. The summed E-state index contributed by atoms with van der Waals surface area (Å²) in [6.45, 7) is 3.69. The van der Waals surface area contributed by atoms with E-state index in [1.807, 2.05) is 13.8 Å². The van der Waals surface area contributed by atoms with Crippen molar-refractivity contribution in [1.29, 1.82) is 0 Å². The predicted octanol–water partition coefficient (Wildman–Crippen LogP) is 3.04. The van der Waals surface area contributed by atoms with Gasteiger partial charge in [0.15, 0.2) is 0 Å². The van der Waals surface area contributed by atoms with Crippen molar-refractivity contribution in [3.63, 3.8) is 0 Å². The molecule has 0 fully saturated rings. The first-order valence-corrected chi connectivity index (χ1v) is 4.89. The third-order valence-corrected chi connectivity index (χ3v) is 1.96. The molecule has 1 aromatic rings. The molecule has 0 aliphatic carbocycles. The fourth-order valence-corrected chi connectivity index (χ4v) is 1.21. The van der Waals surface area contributed by atoms with Gasteiger partial charge in [0.25, 0.3) is 0 Å². The van der Waals surface area contributed by atoms with Crippen molar-refractivity contribution in [1.82, 2.24) is 0 Å². The van der Waals surface area contributed by atoms with Crippen LogP contribution in [0.4, 0.5) is 13.2 Å². The van der Waals surface area contributed by atoms with Gasteiger partial charge in [-0.3, -0.25) is 0 Å². The van der Waals surface area contributed by atoms with Crippen molar-refractivity contribution >= 4 is 0 Å². The van der Waals surface area contributed by atoms with Gasteiger partial charge in [-0.05, 0) is 31.5 Å². The fraction of sp³-hybridized carbons (Fsp3) is 0.455. The fourth-order valence-electron chi connectivity index (χ4n) is 1.21.